The van der Waals surface area contributed by atoms with Gasteiger partial charge >= 0.3 is 0 Å². The van der Waals surface area contributed by atoms with Crippen molar-refractivity contribution < 1.29 is 0 Å². The maximum Gasteiger partial charge on any atom is 0.185 e. The summed E-state index contributed by atoms with van der Waals surface area (Å²) in [6.45, 7) is 0.884. The van der Waals surface area contributed by atoms with E-state index in [0.29, 0.717) is 10.1 Å². The SMILES string of the molecule is CSCCCNC(=S)NNc1ccc(Cl)cc1. The first-order valence-corrected chi connectivity index (χ1v) is 7.45. The molecule has 1 aromatic carbocycles. The first-order valence-electron chi connectivity index (χ1n) is 5.26. The first kappa shape index (κ1) is 14.4. The van der Waals surface area contributed by atoms with Crippen LogP contribution < -0.4 is 16.2 Å². The van der Waals surface area contributed by atoms with Crippen LogP contribution in [0.1, 0.15) is 6.42 Å². The van der Waals surface area contributed by atoms with Gasteiger partial charge in [0.1, 0.15) is 0 Å². The third-order valence-corrected chi connectivity index (χ3v) is 3.17. The highest BCUT2D eigenvalue weighted by atomic mass is 35.5. The Morgan fingerprint density at radius 3 is 2.71 bits per heavy atom. The van der Waals surface area contributed by atoms with E-state index < -0.39 is 0 Å². The summed E-state index contributed by atoms with van der Waals surface area (Å²) in [5.74, 6) is 1.14. The Labute approximate surface area is 117 Å². The highest BCUT2D eigenvalue weighted by Gasteiger charge is 1.95. The topological polar surface area (TPSA) is 36.1 Å². The quantitative estimate of drug-likeness (QED) is 0.426. The van der Waals surface area contributed by atoms with Gasteiger partial charge in [0, 0.05) is 11.6 Å². The van der Waals surface area contributed by atoms with E-state index in [1.807, 2.05) is 36.0 Å². The van der Waals surface area contributed by atoms with Crippen LogP contribution >= 0.6 is 35.6 Å². The molecule has 6 heteroatoms. The fourth-order valence-electron chi connectivity index (χ4n) is 1.12. The minimum absolute atomic E-state index is 0.598. The molecule has 0 amide bonds. The van der Waals surface area contributed by atoms with Crippen LogP contribution in [-0.4, -0.2) is 23.7 Å². The van der Waals surface area contributed by atoms with E-state index in [4.69, 9.17) is 23.8 Å². The second-order valence-corrected chi connectivity index (χ2v) is 5.19. The van der Waals surface area contributed by atoms with Crippen LogP contribution in [0.25, 0.3) is 0 Å². The van der Waals surface area contributed by atoms with Gasteiger partial charge in [-0.15, -0.1) is 0 Å². The van der Waals surface area contributed by atoms with Crippen molar-refractivity contribution in [2.45, 2.75) is 6.42 Å². The third-order valence-electron chi connectivity index (χ3n) is 1.98. The Hall–Kier alpha value is -0.650. The molecule has 0 unspecified atom stereocenters. The van der Waals surface area contributed by atoms with E-state index in [1.54, 1.807) is 0 Å². The summed E-state index contributed by atoms with van der Waals surface area (Å²) in [6.07, 6.45) is 3.20. The smallest absolute Gasteiger partial charge is 0.185 e. The van der Waals surface area contributed by atoms with Gasteiger partial charge in [0.25, 0.3) is 0 Å². The van der Waals surface area contributed by atoms with Gasteiger partial charge in [0.15, 0.2) is 5.11 Å². The molecule has 0 heterocycles. The molecule has 0 fully saturated rings. The zero-order chi connectivity index (χ0) is 12.5. The van der Waals surface area contributed by atoms with Crippen LogP contribution in [0.3, 0.4) is 0 Å². The summed E-state index contributed by atoms with van der Waals surface area (Å²) >= 11 is 12.7. The maximum atomic E-state index is 5.78. The van der Waals surface area contributed by atoms with E-state index in [9.17, 15) is 0 Å². The van der Waals surface area contributed by atoms with Crippen LogP contribution in [0, 0.1) is 0 Å². The molecule has 0 aliphatic carbocycles. The minimum atomic E-state index is 0.598. The lowest BCUT2D eigenvalue weighted by Gasteiger charge is -2.12. The normalized spacial score (nSPS) is 9.76. The Morgan fingerprint density at radius 1 is 1.35 bits per heavy atom. The summed E-state index contributed by atoms with van der Waals surface area (Å²) in [6, 6.07) is 7.40. The molecular weight excluding hydrogens is 274 g/mol. The van der Waals surface area contributed by atoms with Crippen molar-refractivity contribution in [3.63, 3.8) is 0 Å². The van der Waals surface area contributed by atoms with E-state index >= 15 is 0 Å². The zero-order valence-electron chi connectivity index (χ0n) is 9.63. The molecule has 0 bridgehead atoms. The lowest BCUT2D eigenvalue weighted by molar-refractivity contribution is 0.833. The summed E-state index contributed by atoms with van der Waals surface area (Å²) in [4.78, 5) is 0. The molecule has 0 aliphatic heterocycles. The first-order chi connectivity index (χ1) is 8.22. The molecule has 0 saturated carbocycles. The van der Waals surface area contributed by atoms with Gasteiger partial charge in [-0.05, 0) is 54.9 Å². The molecule has 94 valence electrons. The van der Waals surface area contributed by atoms with Crippen molar-refractivity contribution >= 4 is 46.4 Å². The minimum Gasteiger partial charge on any atom is -0.361 e. The molecule has 0 aromatic heterocycles. The molecule has 0 saturated heterocycles. The van der Waals surface area contributed by atoms with Crippen LogP contribution in [0.15, 0.2) is 24.3 Å². The number of benzene rings is 1. The largest absolute Gasteiger partial charge is 0.361 e. The summed E-state index contributed by atoms with van der Waals surface area (Å²) < 4.78 is 0. The van der Waals surface area contributed by atoms with Gasteiger partial charge in [-0.3, -0.25) is 10.9 Å². The number of rotatable bonds is 6. The van der Waals surface area contributed by atoms with Crippen LogP contribution in [0.2, 0.25) is 5.02 Å². The Morgan fingerprint density at radius 2 is 2.06 bits per heavy atom. The summed E-state index contributed by atoms with van der Waals surface area (Å²) in [5.41, 5.74) is 6.83. The number of thioether (sulfide) groups is 1. The average molecular weight is 290 g/mol. The van der Waals surface area contributed by atoms with E-state index in [-0.39, 0.29) is 0 Å². The highest BCUT2D eigenvalue weighted by molar-refractivity contribution is 7.98. The molecule has 0 atom stereocenters. The summed E-state index contributed by atoms with van der Waals surface area (Å²) in [5, 5.41) is 4.43. The number of halogens is 1. The van der Waals surface area contributed by atoms with E-state index in [2.05, 4.69) is 22.4 Å². The molecule has 0 radical (unpaired) electrons. The van der Waals surface area contributed by atoms with Gasteiger partial charge in [-0.1, -0.05) is 11.6 Å². The zero-order valence-corrected chi connectivity index (χ0v) is 12.0. The lowest BCUT2D eigenvalue weighted by Crippen LogP contribution is -2.39. The van der Waals surface area contributed by atoms with Crippen molar-refractivity contribution in [3.8, 4) is 0 Å². The van der Waals surface area contributed by atoms with Crippen molar-refractivity contribution in [2.24, 2.45) is 0 Å². The number of hydrazine groups is 1. The monoisotopic (exact) mass is 289 g/mol. The van der Waals surface area contributed by atoms with Crippen LogP contribution in [0.5, 0.6) is 0 Å². The second-order valence-electron chi connectivity index (χ2n) is 3.36. The molecule has 0 aliphatic rings. The van der Waals surface area contributed by atoms with Gasteiger partial charge in [-0.2, -0.15) is 11.8 Å². The molecule has 3 N–H and O–H groups in total. The Balaban J connectivity index is 2.17. The molecule has 0 spiro atoms. The number of anilines is 1. The van der Waals surface area contributed by atoms with E-state index in [1.165, 1.54) is 0 Å². The van der Waals surface area contributed by atoms with Crippen molar-refractivity contribution in [1.29, 1.82) is 0 Å². The summed E-state index contributed by atoms with van der Waals surface area (Å²) in [7, 11) is 0. The molecular formula is C11H16ClN3S2. The van der Waals surface area contributed by atoms with E-state index in [0.717, 1.165) is 24.4 Å². The number of nitrogens with one attached hydrogen (secondary N) is 3. The Kier molecular flexibility index (Phi) is 7.16. The number of hydrogen-bond acceptors (Lipinski definition) is 3. The van der Waals surface area contributed by atoms with Gasteiger partial charge in [-0.25, -0.2) is 0 Å². The predicted molar refractivity (Wildman–Crippen MR) is 81.8 cm³/mol. The van der Waals surface area contributed by atoms with Crippen molar-refractivity contribution in [1.82, 2.24) is 10.7 Å². The average Bonchev–Trinajstić information content (AvgIpc) is 2.34. The van der Waals surface area contributed by atoms with Crippen LogP contribution in [-0.2, 0) is 0 Å². The molecule has 1 rings (SSSR count). The van der Waals surface area contributed by atoms with Crippen LogP contribution in [0.4, 0.5) is 5.69 Å². The molecule has 17 heavy (non-hydrogen) atoms. The second kappa shape index (κ2) is 8.44. The lowest BCUT2D eigenvalue weighted by atomic mass is 10.3. The molecule has 1 aromatic rings. The van der Waals surface area contributed by atoms with Gasteiger partial charge in [0.05, 0.1) is 5.69 Å². The number of hydrogen-bond donors (Lipinski definition) is 3. The fourth-order valence-corrected chi connectivity index (χ4v) is 1.84. The van der Waals surface area contributed by atoms with Crippen molar-refractivity contribution in [2.75, 3.05) is 24.0 Å². The molecule has 3 nitrogen and oxygen atoms in total. The number of thiocarbonyl (C=S) groups is 1. The van der Waals surface area contributed by atoms with Crippen molar-refractivity contribution in [3.05, 3.63) is 29.3 Å². The third kappa shape index (κ3) is 6.61. The fraction of sp³-hybridized carbons (Fsp3) is 0.364. The maximum absolute atomic E-state index is 5.78. The highest BCUT2D eigenvalue weighted by Crippen LogP contribution is 2.12. The predicted octanol–water partition coefficient (Wildman–Crippen LogP) is 2.88. The van der Waals surface area contributed by atoms with Gasteiger partial charge < -0.3 is 5.32 Å². The Bertz CT molecular complexity index is 343. The standard InChI is InChI=1S/C11H16ClN3S2/c1-17-8-2-7-13-11(16)15-14-10-5-3-9(12)4-6-10/h3-6,14H,2,7-8H2,1H3,(H2,13,15,16). The van der Waals surface area contributed by atoms with Gasteiger partial charge in [0.2, 0.25) is 0 Å².